The number of nitrogens with zero attached hydrogens (tertiary/aromatic N) is 2. The normalized spacial score (nSPS) is 13.0. The summed E-state index contributed by atoms with van der Waals surface area (Å²) in [7, 11) is 1.60. The number of methoxy groups -OCH3 is 1. The van der Waals surface area contributed by atoms with Crippen molar-refractivity contribution in [2.45, 2.75) is 45.4 Å². The van der Waals surface area contributed by atoms with E-state index in [9.17, 15) is 9.59 Å². The molecule has 2 aromatic rings. The summed E-state index contributed by atoms with van der Waals surface area (Å²) in [5.74, 6) is 0.342. The Balaban J connectivity index is 2.61. The van der Waals surface area contributed by atoms with Gasteiger partial charge in [-0.1, -0.05) is 17.7 Å². The number of hydrogen-bond acceptors (Lipinski definition) is 4. The van der Waals surface area contributed by atoms with Crippen LogP contribution in [-0.4, -0.2) is 33.5 Å². The molecule has 0 aliphatic rings. The zero-order valence-electron chi connectivity index (χ0n) is 14.7. The summed E-state index contributed by atoms with van der Waals surface area (Å²) in [5.41, 5.74) is -0.291. The molecule has 1 unspecified atom stereocenters. The second-order valence-corrected chi connectivity index (χ2v) is 6.85. The van der Waals surface area contributed by atoms with Crippen molar-refractivity contribution in [1.29, 1.82) is 0 Å². The molecule has 8 heteroatoms. The minimum Gasteiger partial charge on any atom is -0.465 e. The first-order valence-electron chi connectivity index (χ1n) is 7.90. The van der Waals surface area contributed by atoms with Crippen molar-refractivity contribution in [3.63, 3.8) is 0 Å². The summed E-state index contributed by atoms with van der Waals surface area (Å²) in [6, 6.07) is 4.37. The van der Waals surface area contributed by atoms with Crippen LogP contribution in [0.2, 0.25) is 5.02 Å². The molecular weight excluding hydrogens is 346 g/mol. The van der Waals surface area contributed by atoms with Gasteiger partial charge in [-0.05, 0) is 39.3 Å². The summed E-state index contributed by atoms with van der Waals surface area (Å²) in [5, 5.41) is 12.0. The van der Waals surface area contributed by atoms with Crippen molar-refractivity contribution < 1.29 is 14.6 Å². The van der Waals surface area contributed by atoms with Gasteiger partial charge in [0, 0.05) is 13.7 Å². The van der Waals surface area contributed by atoms with E-state index in [4.69, 9.17) is 21.4 Å². The minimum absolute atomic E-state index is 0.295. The van der Waals surface area contributed by atoms with Gasteiger partial charge in [0.25, 0.3) is 5.56 Å². The van der Waals surface area contributed by atoms with E-state index in [2.05, 4.69) is 10.3 Å². The monoisotopic (exact) mass is 367 g/mol. The first-order chi connectivity index (χ1) is 11.7. The van der Waals surface area contributed by atoms with Gasteiger partial charge in [-0.2, -0.15) is 0 Å². The molecule has 0 bridgehead atoms. The molecule has 0 fully saturated rings. The number of benzene rings is 1. The molecule has 1 amide bonds. The van der Waals surface area contributed by atoms with Crippen LogP contribution in [0.15, 0.2) is 23.0 Å². The maximum Gasteiger partial charge on any atom is 0.405 e. The molecule has 0 aliphatic heterocycles. The van der Waals surface area contributed by atoms with E-state index in [-0.39, 0.29) is 5.56 Å². The largest absolute Gasteiger partial charge is 0.465 e. The number of halogens is 1. The van der Waals surface area contributed by atoms with Crippen molar-refractivity contribution in [2.24, 2.45) is 0 Å². The second kappa shape index (κ2) is 7.41. The predicted octanol–water partition coefficient (Wildman–Crippen LogP) is 3.19. The van der Waals surface area contributed by atoms with Crippen molar-refractivity contribution in [1.82, 2.24) is 14.9 Å². The van der Waals surface area contributed by atoms with E-state index in [0.717, 1.165) is 0 Å². The number of carbonyl (C=O) groups is 1. The highest BCUT2D eigenvalue weighted by molar-refractivity contribution is 6.35. The van der Waals surface area contributed by atoms with Crippen molar-refractivity contribution in [3.8, 4) is 0 Å². The highest BCUT2D eigenvalue weighted by atomic mass is 35.5. The number of rotatable bonds is 6. The lowest BCUT2D eigenvalue weighted by Crippen LogP contribution is -2.35. The summed E-state index contributed by atoms with van der Waals surface area (Å²) >= 11 is 6.18. The Kier molecular flexibility index (Phi) is 5.69. The molecule has 25 heavy (non-hydrogen) atoms. The SMILES string of the molecule is COC(C)(C)CCn1c(C(C)NC(=O)O)nc2cccc(Cl)c2c1=O. The molecule has 136 valence electrons. The highest BCUT2D eigenvalue weighted by Gasteiger charge is 2.22. The van der Waals surface area contributed by atoms with Crippen LogP contribution >= 0.6 is 11.6 Å². The molecule has 0 aliphatic carbocycles. The summed E-state index contributed by atoms with van der Waals surface area (Å²) in [6.07, 6.45) is -0.634. The first-order valence-corrected chi connectivity index (χ1v) is 8.27. The van der Waals surface area contributed by atoms with Crippen LogP contribution in [-0.2, 0) is 11.3 Å². The molecule has 1 atom stereocenters. The van der Waals surface area contributed by atoms with Crippen LogP contribution in [0.3, 0.4) is 0 Å². The fraction of sp³-hybridized carbons (Fsp3) is 0.471. The molecule has 0 radical (unpaired) electrons. The van der Waals surface area contributed by atoms with E-state index in [0.29, 0.717) is 34.7 Å². The number of hydrogen-bond donors (Lipinski definition) is 2. The van der Waals surface area contributed by atoms with E-state index in [1.54, 1.807) is 32.2 Å². The molecule has 2 N–H and O–H groups in total. The average Bonchev–Trinajstić information content (AvgIpc) is 2.53. The van der Waals surface area contributed by atoms with Gasteiger partial charge in [0.05, 0.1) is 27.6 Å². The smallest absolute Gasteiger partial charge is 0.405 e. The number of amides is 1. The Morgan fingerprint density at radius 2 is 2.16 bits per heavy atom. The van der Waals surface area contributed by atoms with Crippen molar-refractivity contribution in [2.75, 3.05) is 7.11 Å². The lowest BCUT2D eigenvalue weighted by atomic mass is 10.1. The van der Waals surface area contributed by atoms with Gasteiger partial charge >= 0.3 is 6.09 Å². The zero-order valence-corrected chi connectivity index (χ0v) is 15.4. The third-order valence-electron chi connectivity index (χ3n) is 4.18. The Morgan fingerprint density at radius 3 is 2.76 bits per heavy atom. The van der Waals surface area contributed by atoms with Crippen molar-refractivity contribution in [3.05, 3.63) is 39.4 Å². The van der Waals surface area contributed by atoms with Crippen LogP contribution in [0.1, 0.15) is 39.1 Å². The van der Waals surface area contributed by atoms with Crippen LogP contribution in [0, 0.1) is 0 Å². The van der Waals surface area contributed by atoms with Gasteiger partial charge in [-0.3, -0.25) is 9.36 Å². The van der Waals surface area contributed by atoms with E-state index in [1.165, 1.54) is 4.57 Å². The number of fused-ring (bicyclic) bond motifs is 1. The lowest BCUT2D eigenvalue weighted by Gasteiger charge is -2.25. The molecule has 2 rings (SSSR count). The van der Waals surface area contributed by atoms with Gasteiger partial charge in [0.15, 0.2) is 0 Å². The summed E-state index contributed by atoms with van der Waals surface area (Å²) in [4.78, 5) is 28.5. The number of nitrogens with one attached hydrogen (secondary N) is 1. The second-order valence-electron chi connectivity index (χ2n) is 6.45. The van der Waals surface area contributed by atoms with Gasteiger partial charge < -0.3 is 15.2 Å². The molecular formula is C17H22ClN3O4. The van der Waals surface area contributed by atoms with Crippen LogP contribution in [0.25, 0.3) is 10.9 Å². The van der Waals surface area contributed by atoms with Crippen molar-refractivity contribution >= 4 is 28.6 Å². The number of ether oxygens (including phenoxy) is 1. The highest BCUT2D eigenvalue weighted by Crippen LogP contribution is 2.22. The predicted molar refractivity (Wildman–Crippen MR) is 96.3 cm³/mol. The molecule has 7 nitrogen and oxygen atoms in total. The van der Waals surface area contributed by atoms with Gasteiger partial charge in [-0.25, -0.2) is 9.78 Å². The maximum absolute atomic E-state index is 13.0. The molecule has 0 saturated carbocycles. The van der Waals surface area contributed by atoms with E-state index < -0.39 is 17.7 Å². The quantitative estimate of drug-likeness (QED) is 0.817. The lowest BCUT2D eigenvalue weighted by molar-refractivity contribution is 0.0115. The molecule has 1 aromatic carbocycles. The molecule has 0 saturated heterocycles. The molecule has 0 spiro atoms. The minimum atomic E-state index is -1.18. The summed E-state index contributed by atoms with van der Waals surface area (Å²) in [6.45, 7) is 5.80. The summed E-state index contributed by atoms with van der Waals surface area (Å²) < 4.78 is 6.87. The third-order valence-corrected chi connectivity index (χ3v) is 4.49. The van der Waals surface area contributed by atoms with Gasteiger partial charge in [0.2, 0.25) is 0 Å². The Bertz CT molecular complexity index is 848. The van der Waals surface area contributed by atoms with Crippen LogP contribution in [0.5, 0.6) is 0 Å². The van der Waals surface area contributed by atoms with Crippen LogP contribution < -0.4 is 10.9 Å². The first kappa shape index (κ1) is 19.2. The Labute approximate surface area is 150 Å². The Hall–Kier alpha value is -2.12. The van der Waals surface area contributed by atoms with Gasteiger partial charge in [0.1, 0.15) is 5.82 Å². The van der Waals surface area contributed by atoms with Crippen LogP contribution in [0.4, 0.5) is 4.79 Å². The number of carboxylic acid groups (broad SMARTS) is 1. The zero-order chi connectivity index (χ0) is 18.8. The Morgan fingerprint density at radius 1 is 1.48 bits per heavy atom. The standard InChI is InChI=1S/C17H22ClN3O4/c1-10(19-16(23)24)14-20-12-7-5-6-11(18)13(12)15(22)21(14)9-8-17(2,3)25-4/h5-7,10,19H,8-9H2,1-4H3,(H,23,24). The molecule has 1 heterocycles. The number of aromatic nitrogens is 2. The fourth-order valence-corrected chi connectivity index (χ4v) is 2.77. The van der Waals surface area contributed by atoms with E-state index >= 15 is 0 Å². The van der Waals surface area contributed by atoms with Gasteiger partial charge in [-0.15, -0.1) is 0 Å². The third kappa shape index (κ3) is 4.29. The maximum atomic E-state index is 13.0. The molecule has 1 aromatic heterocycles. The average molecular weight is 368 g/mol. The fourth-order valence-electron chi connectivity index (χ4n) is 2.52. The van der Waals surface area contributed by atoms with E-state index in [1.807, 2.05) is 13.8 Å². The topological polar surface area (TPSA) is 93.4 Å².